The van der Waals surface area contributed by atoms with Gasteiger partial charge in [0.1, 0.15) is 5.82 Å². The van der Waals surface area contributed by atoms with Crippen molar-refractivity contribution >= 4 is 27.3 Å². The Morgan fingerprint density at radius 3 is 2.31 bits per heavy atom. The van der Waals surface area contributed by atoms with Gasteiger partial charge in [-0.05, 0) is 60.2 Å². The van der Waals surface area contributed by atoms with E-state index in [1.54, 1.807) is 48.5 Å². The molecule has 0 unspecified atom stereocenters. The molecule has 0 spiro atoms. The molecule has 0 aliphatic rings. The SMILES string of the molecule is C#Cc1cccc(NC(=O)Cc2ccc(NS(=O)(=O)c3ccc(F)cc3)cc2)c1. The standard InChI is InChI=1S/C22H17FN2O3S/c1-2-16-4-3-5-20(14-16)24-22(26)15-17-6-10-19(11-7-17)25-29(27,28)21-12-8-18(23)9-13-21/h1,3-14,25H,15H2,(H,24,26). The number of rotatable bonds is 6. The highest BCUT2D eigenvalue weighted by Gasteiger charge is 2.14. The van der Waals surface area contributed by atoms with Crippen LogP contribution in [0.2, 0.25) is 0 Å². The van der Waals surface area contributed by atoms with Crippen LogP contribution in [-0.2, 0) is 21.2 Å². The third kappa shape index (κ3) is 5.43. The van der Waals surface area contributed by atoms with Crippen LogP contribution >= 0.6 is 0 Å². The molecular formula is C22H17FN2O3S. The Bertz CT molecular complexity index is 1170. The molecule has 0 heterocycles. The predicted molar refractivity (Wildman–Crippen MR) is 110 cm³/mol. The van der Waals surface area contributed by atoms with Crippen LogP contribution in [0.1, 0.15) is 11.1 Å². The van der Waals surface area contributed by atoms with E-state index >= 15 is 0 Å². The summed E-state index contributed by atoms with van der Waals surface area (Å²) in [7, 11) is -3.83. The van der Waals surface area contributed by atoms with E-state index in [2.05, 4.69) is 16.0 Å². The summed E-state index contributed by atoms with van der Waals surface area (Å²) in [6.45, 7) is 0. The second kappa shape index (κ2) is 8.59. The van der Waals surface area contributed by atoms with Gasteiger partial charge >= 0.3 is 0 Å². The zero-order chi connectivity index (χ0) is 20.9. The first-order chi connectivity index (χ1) is 13.9. The van der Waals surface area contributed by atoms with Gasteiger partial charge in [-0.15, -0.1) is 6.42 Å². The monoisotopic (exact) mass is 408 g/mol. The summed E-state index contributed by atoms with van der Waals surface area (Å²) in [6, 6.07) is 17.9. The molecule has 0 saturated carbocycles. The molecule has 0 radical (unpaired) electrons. The molecule has 5 nitrogen and oxygen atoms in total. The van der Waals surface area contributed by atoms with Crippen LogP contribution in [0.5, 0.6) is 0 Å². The number of carbonyl (C=O) groups is 1. The van der Waals surface area contributed by atoms with Gasteiger partial charge in [0, 0.05) is 16.9 Å². The highest BCUT2D eigenvalue weighted by atomic mass is 32.2. The van der Waals surface area contributed by atoms with Crippen LogP contribution in [0.15, 0.2) is 77.7 Å². The van der Waals surface area contributed by atoms with Gasteiger partial charge in [-0.25, -0.2) is 12.8 Å². The van der Waals surface area contributed by atoms with Gasteiger partial charge in [0.05, 0.1) is 11.3 Å². The number of carbonyl (C=O) groups excluding carboxylic acids is 1. The van der Waals surface area contributed by atoms with E-state index in [-0.39, 0.29) is 17.2 Å². The lowest BCUT2D eigenvalue weighted by Gasteiger charge is -2.09. The van der Waals surface area contributed by atoms with Crippen molar-refractivity contribution in [2.45, 2.75) is 11.3 Å². The largest absolute Gasteiger partial charge is 0.326 e. The van der Waals surface area contributed by atoms with E-state index in [9.17, 15) is 17.6 Å². The zero-order valence-electron chi connectivity index (χ0n) is 15.2. The molecule has 1 amide bonds. The van der Waals surface area contributed by atoms with E-state index in [4.69, 9.17) is 6.42 Å². The lowest BCUT2D eigenvalue weighted by atomic mass is 10.1. The smallest absolute Gasteiger partial charge is 0.261 e. The first-order valence-corrected chi connectivity index (χ1v) is 10.1. The van der Waals surface area contributed by atoms with Crippen LogP contribution in [0.4, 0.5) is 15.8 Å². The van der Waals surface area contributed by atoms with Crippen LogP contribution in [0.3, 0.4) is 0 Å². The summed E-state index contributed by atoms with van der Waals surface area (Å²) >= 11 is 0. The van der Waals surface area contributed by atoms with Crippen molar-refractivity contribution in [3.8, 4) is 12.3 Å². The van der Waals surface area contributed by atoms with Gasteiger partial charge < -0.3 is 5.32 Å². The van der Waals surface area contributed by atoms with Crippen molar-refractivity contribution < 1.29 is 17.6 Å². The second-order valence-electron chi connectivity index (χ2n) is 6.21. The molecule has 3 aromatic carbocycles. The Balaban J connectivity index is 1.63. The molecule has 3 rings (SSSR count). The van der Waals surface area contributed by atoms with Crippen molar-refractivity contribution in [1.29, 1.82) is 0 Å². The number of hydrogen-bond acceptors (Lipinski definition) is 3. The van der Waals surface area contributed by atoms with Crippen molar-refractivity contribution in [2.75, 3.05) is 10.0 Å². The fourth-order valence-corrected chi connectivity index (χ4v) is 3.65. The third-order valence-corrected chi connectivity index (χ3v) is 5.40. The van der Waals surface area contributed by atoms with Crippen molar-refractivity contribution in [3.05, 3.63) is 89.7 Å². The molecule has 0 saturated heterocycles. The molecule has 29 heavy (non-hydrogen) atoms. The van der Waals surface area contributed by atoms with Gasteiger partial charge in [0.15, 0.2) is 0 Å². The zero-order valence-corrected chi connectivity index (χ0v) is 16.0. The van der Waals surface area contributed by atoms with Gasteiger partial charge in [0.2, 0.25) is 5.91 Å². The van der Waals surface area contributed by atoms with E-state index in [1.807, 2.05) is 0 Å². The lowest BCUT2D eigenvalue weighted by molar-refractivity contribution is -0.115. The van der Waals surface area contributed by atoms with Gasteiger partial charge in [-0.2, -0.15) is 0 Å². The van der Waals surface area contributed by atoms with E-state index in [1.165, 1.54) is 12.1 Å². The van der Waals surface area contributed by atoms with Crippen molar-refractivity contribution in [1.82, 2.24) is 0 Å². The topological polar surface area (TPSA) is 75.3 Å². The number of halogens is 1. The van der Waals surface area contributed by atoms with Crippen LogP contribution in [-0.4, -0.2) is 14.3 Å². The van der Waals surface area contributed by atoms with Crippen LogP contribution in [0, 0.1) is 18.2 Å². The number of benzene rings is 3. The summed E-state index contributed by atoms with van der Waals surface area (Å²) in [5.74, 6) is 1.76. The number of terminal acetylenes is 1. The van der Waals surface area contributed by atoms with Gasteiger partial charge in [0.25, 0.3) is 10.0 Å². The second-order valence-corrected chi connectivity index (χ2v) is 7.89. The maximum Gasteiger partial charge on any atom is 0.261 e. The molecule has 146 valence electrons. The molecule has 0 fully saturated rings. The average molecular weight is 408 g/mol. The Hall–Kier alpha value is -3.63. The highest BCUT2D eigenvalue weighted by Crippen LogP contribution is 2.18. The molecule has 7 heteroatoms. The van der Waals surface area contributed by atoms with E-state index < -0.39 is 15.8 Å². The molecule has 3 aromatic rings. The summed E-state index contributed by atoms with van der Waals surface area (Å²) in [6.07, 6.45) is 5.46. The minimum Gasteiger partial charge on any atom is -0.326 e. The van der Waals surface area contributed by atoms with E-state index in [0.717, 1.165) is 12.1 Å². The van der Waals surface area contributed by atoms with Gasteiger partial charge in [-0.3, -0.25) is 9.52 Å². The van der Waals surface area contributed by atoms with Gasteiger partial charge in [-0.1, -0.05) is 24.1 Å². The predicted octanol–water partition coefficient (Wildman–Crippen LogP) is 3.79. The molecular weight excluding hydrogens is 391 g/mol. The lowest BCUT2D eigenvalue weighted by Crippen LogP contribution is -2.15. The summed E-state index contributed by atoms with van der Waals surface area (Å²) in [4.78, 5) is 12.2. The van der Waals surface area contributed by atoms with Crippen LogP contribution in [0.25, 0.3) is 0 Å². The summed E-state index contributed by atoms with van der Waals surface area (Å²) in [5.41, 5.74) is 2.32. The summed E-state index contributed by atoms with van der Waals surface area (Å²) < 4.78 is 40.0. The maximum absolute atomic E-state index is 13.0. The molecule has 0 aliphatic heterocycles. The Morgan fingerprint density at radius 2 is 1.66 bits per heavy atom. The molecule has 2 N–H and O–H groups in total. The van der Waals surface area contributed by atoms with Crippen molar-refractivity contribution in [3.63, 3.8) is 0 Å². The van der Waals surface area contributed by atoms with Crippen LogP contribution < -0.4 is 10.0 Å². The highest BCUT2D eigenvalue weighted by molar-refractivity contribution is 7.92. The fraction of sp³-hybridized carbons (Fsp3) is 0.0455. The number of amides is 1. The Labute approximate surface area is 168 Å². The Kier molecular flexibility index (Phi) is 5.96. The minimum atomic E-state index is -3.83. The number of nitrogens with one attached hydrogen (secondary N) is 2. The first-order valence-electron chi connectivity index (χ1n) is 8.59. The third-order valence-electron chi connectivity index (χ3n) is 4.01. The number of sulfonamides is 1. The number of anilines is 2. The average Bonchev–Trinajstić information content (AvgIpc) is 2.69. The Morgan fingerprint density at radius 1 is 0.966 bits per heavy atom. The first kappa shape index (κ1) is 20.1. The summed E-state index contributed by atoms with van der Waals surface area (Å²) in [5, 5.41) is 2.77. The minimum absolute atomic E-state index is 0.0449. The quantitative estimate of drug-likeness (QED) is 0.610. The maximum atomic E-state index is 13.0. The normalized spacial score (nSPS) is 10.8. The van der Waals surface area contributed by atoms with Crippen molar-refractivity contribution in [2.24, 2.45) is 0 Å². The fourth-order valence-electron chi connectivity index (χ4n) is 2.60. The van der Waals surface area contributed by atoms with E-state index in [0.29, 0.717) is 22.5 Å². The molecule has 0 aliphatic carbocycles. The molecule has 0 bridgehead atoms. The molecule has 0 atom stereocenters. The number of hydrogen-bond donors (Lipinski definition) is 2. The molecule has 0 aromatic heterocycles.